The molecule has 0 bridgehead atoms. The lowest BCUT2D eigenvalue weighted by Crippen LogP contribution is -2.37. The molecular formula is C13H12ClN5O. The van der Waals surface area contributed by atoms with Crippen LogP contribution in [0.25, 0.3) is 5.69 Å². The summed E-state index contributed by atoms with van der Waals surface area (Å²) in [5.41, 5.74) is 0.956. The summed E-state index contributed by atoms with van der Waals surface area (Å²) < 4.78 is 5.30. The SMILES string of the molecule is N#Cc1nn(-c2ccccc2Cl)nc1N1CCOCC1. The fraction of sp³-hybridized carbons (Fsp3) is 0.308. The van der Waals surface area contributed by atoms with E-state index in [1.165, 1.54) is 4.80 Å². The Labute approximate surface area is 121 Å². The number of ether oxygens (including phenoxy) is 1. The third-order valence-corrected chi connectivity index (χ3v) is 3.40. The highest BCUT2D eigenvalue weighted by Gasteiger charge is 2.21. The van der Waals surface area contributed by atoms with Crippen molar-refractivity contribution < 1.29 is 4.74 Å². The fourth-order valence-electron chi connectivity index (χ4n) is 2.08. The molecule has 1 aliphatic rings. The third-order valence-electron chi connectivity index (χ3n) is 3.08. The smallest absolute Gasteiger partial charge is 0.207 e. The largest absolute Gasteiger partial charge is 0.378 e. The van der Waals surface area contributed by atoms with Gasteiger partial charge in [0.15, 0.2) is 5.82 Å². The van der Waals surface area contributed by atoms with E-state index in [9.17, 15) is 5.26 Å². The first-order chi connectivity index (χ1) is 9.79. The van der Waals surface area contributed by atoms with Crippen LogP contribution >= 0.6 is 11.6 Å². The number of halogens is 1. The van der Waals surface area contributed by atoms with Gasteiger partial charge in [-0.2, -0.15) is 5.26 Å². The van der Waals surface area contributed by atoms with Gasteiger partial charge in [-0.15, -0.1) is 15.0 Å². The molecule has 0 N–H and O–H groups in total. The standard InChI is InChI=1S/C13H12ClN5O/c14-10-3-1-2-4-12(10)19-16-11(9-15)13(17-19)18-5-7-20-8-6-18/h1-4H,5-8H2. The predicted molar refractivity (Wildman–Crippen MR) is 74.1 cm³/mol. The number of rotatable bonds is 2. The van der Waals surface area contributed by atoms with Crippen molar-refractivity contribution in [3.63, 3.8) is 0 Å². The number of anilines is 1. The summed E-state index contributed by atoms with van der Waals surface area (Å²) in [5, 5.41) is 18.4. The lowest BCUT2D eigenvalue weighted by atomic mass is 10.3. The average Bonchev–Trinajstić information content (AvgIpc) is 2.92. The summed E-state index contributed by atoms with van der Waals surface area (Å²) in [7, 11) is 0. The molecule has 2 heterocycles. The van der Waals surface area contributed by atoms with Crippen molar-refractivity contribution in [2.24, 2.45) is 0 Å². The zero-order valence-electron chi connectivity index (χ0n) is 10.7. The molecule has 6 nitrogen and oxygen atoms in total. The van der Waals surface area contributed by atoms with Gasteiger partial charge in [0.1, 0.15) is 11.8 Å². The molecule has 0 saturated carbocycles. The third kappa shape index (κ3) is 2.33. The summed E-state index contributed by atoms with van der Waals surface area (Å²) in [4.78, 5) is 3.41. The Hall–Kier alpha value is -2.10. The minimum Gasteiger partial charge on any atom is -0.378 e. The maximum atomic E-state index is 9.22. The molecule has 102 valence electrons. The highest BCUT2D eigenvalue weighted by molar-refractivity contribution is 6.32. The normalized spacial score (nSPS) is 15.1. The predicted octanol–water partition coefficient (Wildman–Crippen LogP) is 1.63. The van der Waals surface area contributed by atoms with E-state index in [4.69, 9.17) is 16.3 Å². The lowest BCUT2D eigenvalue weighted by Gasteiger charge is -2.26. The zero-order chi connectivity index (χ0) is 13.9. The van der Waals surface area contributed by atoms with E-state index in [1.54, 1.807) is 6.07 Å². The number of aromatic nitrogens is 3. The quantitative estimate of drug-likeness (QED) is 0.840. The number of nitriles is 1. The second-order valence-corrected chi connectivity index (χ2v) is 4.73. The van der Waals surface area contributed by atoms with Gasteiger partial charge >= 0.3 is 0 Å². The Morgan fingerprint density at radius 2 is 1.95 bits per heavy atom. The first kappa shape index (κ1) is 12.9. The van der Waals surface area contributed by atoms with E-state index in [2.05, 4.69) is 16.3 Å². The molecular weight excluding hydrogens is 278 g/mol. The summed E-state index contributed by atoms with van der Waals surface area (Å²) in [5.74, 6) is 0.579. The number of para-hydroxylation sites is 1. The number of morpholine rings is 1. The van der Waals surface area contributed by atoms with E-state index in [-0.39, 0.29) is 0 Å². The van der Waals surface area contributed by atoms with E-state index in [0.717, 1.165) is 0 Å². The zero-order valence-corrected chi connectivity index (χ0v) is 11.4. The van der Waals surface area contributed by atoms with Crippen LogP contribution in [0.1, 0.15) is 5.69 Å². The molecule has 7 heteroatoms. The Bertz CT molecular complexity index is 657. The van der Waals surface area contributed by atoms with Crippen LogP contribution in [-0.2, 0) is 4.74 Å². The minimum absolute atomic E-state index is 0.298. The van der Waals surface area contributed by atoms with Crippen LogP contribution in [0, 0.1) is 11.3 Å². The van der Waals surface area contributed by atoms with Gasteiger partial charge in [0, 0.05) is 13.1 Å². The first-order valence-corrected chi connectivity index (χ1v) is 6.62. The second-order valence-electron chi connectivity index (χ2n) is 4.32. The van der Waals surface area contributed by atoms with Crippen molar-refractivity contribution in [1.29, 1.82) is 5.26 Å². The van der Waals surface area contributed by atoms with E-state index in [0.29, 0.717) is 48.5 Å². The van der Waals surface area contributed by atoms with Gasteiger partial charge < -0.3 is 9.64 Å². The molecule has 0 aliphatic carbocycles. The van der Waals surface area contributed by atoms with Crippen molar-refractivity contribution in [3.05, 3.63) is 35.0 Å². The molecule has 3 rings (SSSR count). The van der Waals surface area contributed by atoms with Gasteiger partial charge in [0.2, 0.25) is 5.69 Å². The summed E-state index contributed by atoms with van der Waals surface area (Å²) in [6.45, 7) is 2.67. The van der Waals surface area contributed by atoms with E-state index in [1.807, 2.05) is 23.1 Å². The second kappa shape index (κ2) is 5.49. The first-order valence-electron chi connectivity index (χ1n) is 6.24. The Morgan fingerprint density at radius 3 is 2.65 bits per heavy atom. The summed E-state index contributed by atoms with van der Waals surface area (Å²) in [6, 6.07) is 9.35. The Morgan fingerprint density at radius 1 is 1.20 bits per heavy atom. The van der Waals surface area contributed by atoms with Gasteiger partial charge in [-0.3, -0.25) is 0 Å². The topological polar surface area (TPSA) is 67.0 Å². The molecule has 1 aromatic carbocycles. The molecule has 1 saturated heterocycles. The van der Waals surface area contributed by atoms with Crippen molar-refractivity contribution in [1.82, 2.24) is 15.0 Å². The monoisotopic (exact) mass is 289 g/mol. The van der Waals surface area contributed by atoms with Gasteiger partial charge in [-0.25, -0.2) is 0 Å². The van der Waals surface area contributed by atoms with Crippen LogP contribution in [0.4, 0.5) is 5.82 Å². The molecule has 0 atom stereocenters. The minimum atomic E-state index is 0.298. The number of hydrogen-bond donors (Lipinski definition) is 0. The number of hydrogen-bond acceptors (Lipinski definition) is 5. The van der Waals surface area contributed by atoms with Crippen LogP contribution in [0.3, 0.4) is 0 Å². The highest BCUT2D eigenvalue weighted by Crippen LogP contribution is 2.22. The number of benzene rings is 1. The van der Waals surface area contributed by atoms with Crippen molar-refractivity contribution in [2.75, 3.05) is 31.2 Å². The lowest BCUT2D eigenvalue weighted by molar-refractivity contribution is 0.122. The van der Waals surface area contributed by atoms with Crippen LogP contribution in [-0.4, -0.2) is 41.3 Å². The molecule has 1 aliphatic heterocycles. The Balaban J connectivity index is 2.01. The molecule has 0 spiro atoms. The van der Waals surface area contributed by atoms with Gasteiger partial charge in [-0.05, 0) is 12.1 Å². The van der Waals surface area contributed by atoms with Crippen molar-refractivity contribution in [3.8, 4) is 11.8 Å². The molecule has 20 heavy (non-hydrogen) atoms. The van der Waals surface area contributed by atoms with Crippen LogP contribution in [0.15, 0.2) is 24.3 Å². The number of nitrogens with zero attached hydrogens (tertiary/aromatic N) is 5. The molecule has 0 amide bonds. The molecule has 1 fully saturated rings. The van der Waals surface area contributed by atoms with Gasteiger partial charge in [0.25, 0.3) is 0 Å². The van der Waals surface area contributed by atoms with E-state index >= 15 is 0 Å². The van der Waals surface area contributed by atoms with Crippen LogP contribution < -0.4 is 4.90 Å². The van der Waals surface area contributed by atoms with Crippen molar-refractivity contribution >= 4 is 17.4 Å². The fourth-order valence-corrected chi connectivity index (χ4v) is 2.29. The van der Waals surface area contributed by atoms with Crippen LogP contribution in [0.2, 0.25) is 5.02 Å². The Kier molecular flexibility index (Phi) is 3.54. The van der Waals surface area contributed by atoms with Crippen molar-refractivity contribution in [2.45, 2.75) is 0 Å². The maximum absolute atomic E-state index is 9.22. The highest BCUT2D eigenvalue weighted by atomic mass is 35.5. The maximum Gasteiger partial charge on any atom is 0.207 e. The average molecular weight is 290 g/mol. The summed E-state index contributed by atoms with van der Waals surface area (Å²) >= 11 is 6.13. The molecule has 0 radical (unpaired) electrons. The van der Waals surface area contributed by atoms with E-state index < -0.39 is 0 Å². The molecule has 1 aromatic heterocycles. The van der Waals surface area contributed by atoms with Gasteiger partial charge in [0.05, 0.1) is 18.2 Å². The molecule has 0 unspecified atom stereocenters. The van der Waals surface area contributed by atoms with Gasteiger partial charge in [-0.1, -0.05) is 23.7 Å². The summed E-state index contributed by atoms with van der Waals surface area (Å²) in [6.07, 6.45) is 0. The van der Waals surface area contributed by atoms with Crippen LogP contribution in [0.5, 0.6) is 0 Å². The molecule has 2 aromatic rings.